The number of carbonyl (C=O) groups is 2. The molecule has 3 aromatic rings. The fraction of sp³-hybridized carbons (Fsp3) is 0.208. The van der Waals surface area contributed by atoms with Crippen LogP contribution in [0.1, 0.15) is 20.9 Å². The molecule has 1 saturated heterocycles. The molecule has 0 unspecified atom stereocenters. The lowest BCUT2D eigenvalue weighted by Gasteiger charge is -2.36. The first kappa shape index (κ1) is 23.6. The molecule has 1 aliphatic rings. The average molecular weight is 499 g/mol. The Morgan fingerprint density at radius 1 is 1.06 bits per heavy atom. The van der Waals surface area contributed by atoms with Crippen LogP contribution in [-0.2, 0) is 0 Å². The van der Waals surface area contributed by atoms with E-state index in [1.807, 2.05) is 12.1 Å². The second kappa shape index (κ2) is 10.6. The number of anilines is 2. The zero-order chi connectivity index (χ0) is 24.1. The van der Waals surface area contributed by atoms with E-state index < -0.39 is 0 Å². The molecule has 0 atom stereocenters. The maximum atomic E-state index is 12.4. The first-order chi connectivity index (χ1) is 16.4. The molecule has 1 aliphatic heterocycles. The van der Waals surface area contributed by atoms with Crippen molar-refractivity contribution in [3.63, 3.8) is 0 Å². The second-order valence-electron chi connectivity index (χ2n) is 7.56. The van der Waals surface area contributed by atoms with E-state index in [1.54, 1.807) is 47.4 Å². The van der Waals surface area contributed by atoms with Gasteiger partial charge in [0.2, 0.25) is 0 Å². The third kappa shape index (κ3) is 5.49. The number of furan rings is 1. The van der Waals surface area contributed by atoms with E-state index in [1.165, 1.54) is 13.4 Å². The van der Waals surface area contributed by atoms with Crippen molar-refractivity contribution in [2.75, 3.05) is 43.5 Å². The van der Waals surface area contributed by atoms with Crippen molar-refractivity contribution >= 4 is 52.1 Å². The van der Waals surface area contributed by atoms with Gasteiger partial charge in [0.25, 0.3) is 11.8 Å². The fourth-order valence-electron chi connectivity index (χ4n) is 3.65. The molecule has 2 aromatic carbocycles. The maximum Gasteiger partial charge on any atom is 0.289 e. The van der Waals surface area contributed by atoms with Crippen LogP contribution in [0.25, 0.3) is 0 Å². The van der Waals surface area contributed by atoms with E-state index in [2.05, 4.69) is 15.5 Å². The standard InChI is InChI=1S/C24H23ClN4O4S/c1-32-18-5-2-4-16(14-18)22(30)27-24(34)26-17-7-8-20(19(25)15-17)28-9-11-29(12-10-28)23(31)21-6-3-13-33-21/h2-8,13-15H,9-12H2,1H3,(H2,26,27,30,34). The molecule has 2 amide bonds. The van der Waals surface area contributed by atoms with Crippen LogP contribution >= 0.6 is 23.8 Å². The van der Waals surface area contributed by atoms with Crippen molar-refractivity contribution in [1.29, 1.82) is 0 Å². The van der Waals surface area contributed by atoms with E-state index in [4.69, 9.17) is 33.0 Å². The number of hydrogen-bond acceptors (Lipinski definition) is 6. The van der Waals surface area contributed by atoms with Gasteiger partial charge in [0.1, 0.15) is 5.75 Å². The van der Waals surface area contributed by atoms with Gasteiger partial charge in [-0.25, -0.2) is 0 Å². The Bertz CT molecular complexity index is 1190. The molecule has 1 fully saturated rings. The normalized spacial score (nSPS) is 13.4. The summed E-state index contributed by atoms with van der Waals surface area (Å²) in [7, 11) is 1.54. The van der Waals surface area contributed by atoms with Crippen LogP contribution in [0, 0.1) is 0 Å². The summed E-state index contributed by atoms with van der Waals surface area (Å²) in [5.74, 6) is 0.470. The lowest BCUT2D eigenvalue weighted by Crippen LogP contribution is -2.48. The van der Waals surface area contributed by atoms with Crippen molar-refractivity contribution in [1.82, 2.24) is 10.2 Å². The van der Waals surface area contributed by atoms with Gasteiger partial charge in [-0.3, -0.25) is 14.9 Å². The predicted octanol–water partition coefficient (Wildman–Crippen LogP) is 4.03. The maximum absolute atomic E-state index is 12.4. The number of benzene rings is 2. The highest BCUT2D eigenvalue weighted by molar-refractivity contribution is 7.80. The molecule has 0 spiro atoms. The molecule has 10 heteroatoms. The smallest absolute Gasteiger partial charge is 0.289 e. The Morgan fingerprint density at radius 3 is 2.53 bits per heavy atom. The van der Waals surface area contributed by atoms with E-state index in [0.29, 0.717) is 54.0 Å². The van der Waals surface area contributed by atoms with Crippen LogP contribution < -0.4 is 20.3 Å². The zero-order valence-electron chi connectivity index (χ0n) is 18.4. The van der Waals surface area contributed by atoms with Gasteiger partial charge < -0.3 is 24.3 Å². The van der Waals surface area contributed by atoms with Gasteiger partial charge in [0.15, 0.2) is 10.9 Å². The van der Waals surface area contributed by atoms with Gasteiger partial charge >= 0.3 is 0 Å². The third-order valence-electron chi connectivity index (χ3n) is 5.40. The number of carbonyl (C=O) groups excluding carboxylic acids is 2. The largest absolute Gasteiger partial charge is 0.497 e. The average Bonchev–Trinajstić information content (AvgIpc) is 3.39. The highest BCUT2D eigenvalue weighted by atomic mass is 35.5. The van der Waals surface area contributed by atoms with Crippen molar-refractivity contribution in [3.05, 3.63) is 77.2 Å². The SMILES string of the molecule is COc1cccc(C(=O)NC(=S)Nc2ccc(N3CCN(C(=O)c4ccco4)CC3)c(Cl)c2)c1. The Balaban J connectivity index is 1.33. The second-order valence-corrected chi connectivity index (χ2v) is 8.38. The van der Waals surface area contributed by atoms with Crippen molar-refractivity contribution in [2.45, 2.75) is 0 Å². The van der Waals surface area contributed by atoms with Gasteiger partial charge in [0, 0.05) is 37.4 Å². The van der Waals surface area contributed by atoms with E-state index in [-0.39, 0.29) is 16.9 Å². The Labute approximate surface area is 207 Å². The molecule has 8 nitrogen and oxygen atoms in total. The summed E-state index contributed by atoms with van der Waals surface area (Å²) in [6.45, 7) is 2.43. The monoisotopic (exact) mass is 498 g/mol. The van der Waals surface area contributed by atoms with Crippen LogP contribution in [0.15, 0.2) is 65.3 Å². The third-order valence-corrected chi connectivity index (χ3v) is 5.91. The molecule has 0 saturated carbocycles. The number of nitrogens with one attached hydrogen (secondary N) is 2. The van der Waals surface area contributed by atoms with Crippen molar-refractivity contribution < 1.29 is 18.7 Å². The number of halogens is 1. The van der Waals surface area contributed by atoms with Crippen LogP contribution in [0.4, 0.5) is 11.4 Å². The summed E-state index contributed by atoms with van der Waals surface area (Å²) >= 11 is 11.8. The molecule has 176 valence electrons. The number of nitrogens with zero attached hydrogens (tertiary/aromatic N) is 2. The predicted molar refractivity (Wildman–Crippen MR) is 135 cm³/mol. The topological polar surface area (TPSA) is 87.0 Å². The Kier molecular flexibility index (Phi) is 7.34. The summed E-state index contributed by atoms with van der Waals surface area (Å²) in [6, 6.07) is 15.6. The Hall–Kier alpha value is -3.56. The van der Waals surface area contributed by atoms with Crippen LogP contribution in [0.2, 0.25) is 5.02 Å². The zero-order valence-corrected chi connectivity index (χ0v) is 20.0. The van der Waals surface area contributed by atoms with Crippen LogP contribution in [-0.4, -0.2) is 55.1 Å². The minimum Gasteiger partial charge on any atom is -0.497 e. The fourth-order valence-corrected chi connectivity index (χ4v) is 4.16. The molecule has 34 heavy (non-hydrogen) atoms. The lowest BCUT2D eigenvalue weighted by molar-refractivity contribution is 0.0714. The summed E-state index contributed by atoms with van der Waals surface area (Å²) < 4.78 is 10.4. The molecule has 0 radical (unpaired) electrons. The number of amides is 2. The molecular weight excluding hydrogens is 476 g/mol. The molecule has 1 aromatic heterocycles. The molecular formula is C24H23ClN4O4S. The molecule has 0 bridgehead atoms. The summed E-state index contributed by atoms with van der Waals surface area (Å²) in [5.41, 5.74) is 1.95. The minimum absolute atomic E-state index is 0.111. The first-order valence-electron chi connectivity index (χ1n) is 10.6. The minimum atomic E-state index is -0.346. The lowest BCUT2D eigenvalue weighted by atomic mass is 10.2. The molecule has 0 aliphatic carbocycles. The number of rotatable bonds is 5. The van der Waals surface area contributed by atoms with Gasteiger partial charge in [-0.2, -0.15) is 0 Å². The van der Waals surface area contributed by atoms with Gasteiger partial charge in [-0.05, 0) is 60.7 Å². The van der Waals surface area contributed by atoms with E-state index >= 15 is 0 Å². The highest BCUT2D eigenvalue weighted by Crippen LogP contribution is 2.30. The summed E-state index contributed by atoms with van der Waals surface area (Å²) in [4.78, 5) is 28.8. The van der Waals surface area contributed by atoms with Gasteiger partial charge in [-0.1, -0.05) is 17.7 Å². The molecule has 2 N–H and O–H groups in total. The van der Waals surface area contributed by atoms with Gasteiger partial charge in [0.05, 0.1) is 24.1 Å². The van der Waals surface area contributed by atoms with E-state index in [9.17, 15) is 9.59 Å². The van der Waals surface area contributed by atoms with Crippen molar-refractivity contribution in [2.24, 2.45) is 0 Å². The number of hydrogen-bond donors (Lipinski definition) is 2. The molecule has 4 rings (SSSR count). The first-order valence-corrected chi connectivity index (χ1v) is 11.4. The number of thiocarbonyl (C=S) groups is 1. The number of piperazine rings is 1. The van der Waals surface area contributed by atoms with E-state index in [0.717, 1.165) is 5.69 Å². The van der Waals surface area contributed by atoms with Crippen LogP contribution in [0.3, 0.4) is 0 Å². The Morgan fingerprint density at radius 2 is 1.85 bits per heavy atom. The van der Waals surface area contributed by atoms with Gasteiger partial charge in [-0.15, -0.1) is 0 Å². The number of ether oxygens (including phenoxy) is 1. The van der Waals surface area contributed by atoms with Crippen LogP contribution in [0.5, 0.6) is 5.75 Å². The summed E-state index contributed by atoms with van der Waals surface area (Å²) in [6.07, 6.45) is 1.49. The molecule has 2 heterocycles. The number of methoxy groups -OCH3 is 1. The highest BCUT2D eigenvalue weighted by Gasteiger charge is 2.24. The quantitative estimate of drug-likeness (QED) is 0.513. The van der Waals surface area contributed by atoms with Crippen molar-refractivity contribution in [3.8, 4) is 5.75 Å². The summed E-state index contributed by atoms with van der Waals surface area (Å²) in [5, 5.41) is 6.32.